The number of aromatic nitrogens is 1. The average Bonchev–Trinajstić information content (AvgIpc) is 3.98. The fourth-order valence-electron chi connectivity index (χ4n) is 8.19. The molecule has 9 rings (SSSR count). The zero-order chi connectivity index (χ0) is 37.3. The second-order valence-electron chi connectivity index (χ2n) is 14.1. The quantitative estimate of drug-likeness (QED) is 0.160. The maximum Gasteiger partial charge on any atom is 0.231 e. The summed E-state index contributed by atoms with van der Waals surface area (Å²) in [5.74, 6) is 6.21. The van der Waals surface area contributed by atoms with Gasteiger partial charge in [0.25, 0.3) is 0 Å². The lowest BCUT2D eigenvalue weighted by Crippen LogP contribution is -2.32. The molecule has 4 aliphatic heterocycles. The third-order valence-electron chi connectivity index (χ3n) is 11.0. The Kier molecular flexibility index (Phi) is 10.0. The van der Waals surface area contributed by atoms with Crippen LogP contribution in [0.1, 0.15) is 58.4 Å². The van der Waals surface area contributed by atoms with Crippen molar-refractivity contribution in [3.63, 3.8) is 0 Å². The van der Waals surface area contributed by atoms with E-state index in [1.54, 1.807) is 28.4 Å². The Hall–Kier alpha value is -5.39. The number of fused-ring (bicyclic) bond motifs is 4. The Balaban J connectivity index is 0.000000157. The molecule has 0 aliphatic carbocycles. The molecule has 1 fully saturated rings. The molecule has 0 spiro atoms. The molecular formula is C43H47N3O8. The number of benzene rings is 4. The first-order valence-corrected chi connectivity index (χ1v) is 18.4. The molecule has 2 unspecified atom stereocenters. The summed E-state index contributed by atoms with van der Waals surface area (Å²) in [7, 11) is 11.0. The van der Waals surface area contributed by atoms with Gasteiger partial charge in [-0.25, -0.2) is 0 Å². The highest BCUT2D eigenvalue weighted by Crippen LogP contribution is 2.44. The first kappa shape index (κ1) is 35.6. The summed E-state index contributed by atoms with van der Waals surface area (Å²) >= 11 is 0. The molecule has 1 aromatic heterocycles. The summed E-state index contributed by atoms with van der Waals surface area (Å²) in [6.07, 6.45) is 6.08. The van der Waals surface area contributed by atoms with Crippen LogP contribution >= 0.6 is 0 Å². The third-order valence-corrected chi connectivity index (χ3v) is 11.0. The Morgan fingerprint density at radius 1 is 0.648 bits per heavy atom. The minimum atomic E-state index is 0.156. The number of nitrogens with zero attached hydrogens (tertiary/aromatic N) is 3. The normalized spacial score (nSPS) is 18.6. The molecule has 0 radical (unpaired) electrons. The van der Waals surface area contributed by atoms with E-state index in [9.17, 15) is 0 Å². The van der Waals surface area contributed by atoms with Crippen molar-refractivity contribution in [3.05, 3.63) is 100 Å². The molecule has 0 saturated carbocycles. The van der Waals surface area contributed by atoms with Crippen molar-refractivity contribution in [1.82, 2.24) is 14.8 Å². The van der Waals surface area contributed by atoms with Crippen molar-refractivity contribution in [2.75, 3.05) is 69.2 Å². The van der Waals surface area contributed by atoms with E-state index in [4.69, 9.17) is 42.9 Å². The van der Waals surface area contributed by atoms with Gasteiger partial charge in [0.1, 0.15) is 0 Å². The van der Waals surface area contributed by atoms with Gasteiger partial charge in [0.15, 0.2) is 46.0 Å². The highest BCUT2D eigenvalue weighted by molar-refractivity contribution is 5.91. The first-order chi connectivity index (χ1) is 26.4. The maximum atomic E-state index is 5.61. The lowest BCUT2D eigenvalue weighted by Gasteiger charge is -2.35. The van der Waals surface area contributed by atoms with Gasteiger partial charge in [0.05, 0.1) is 40.2 Å². The number of ether oxygens (including phenoxy) is 8. The van der Waals surface area contributed by atoms with E-state index in [-0.39, 0.29) is 12.8 Å². The Morgan fingerprint density at radius 3 is 1.96 bits per heavy atom. The number of rotatable bonds is 8. The summed E-state index contributed by atoms with van der Waals surface area (Å²) in [4.78, 5) is 9.67. The van der Waals surface area contributed by atoms with E-state index < -0.39 is 0 Å². The summed E-state index contributed by atoms with van der Waals surface area (Å²) in [5.41, 5.74) is 7.13. The van der Waals surface area contributed by atoms with Gasteiger partial charge >= 0.3 is 0 Å². The number of pyridine rings is 1. The van der Waals surface area contributed by atoms with Gasteiger partial charge in [0, 0.05) is 30.6 Å². The van der Waals surface area contributed by atoms with Gasteiger partial charge in [-0.1, -0.05) is 12.1 Å². The van der Waals surface area contributed by atoms with Crippen LogP contribution in [-0.4, -0.2) is 84.0 Å². The summed E-state index contributed by atoms with van der Waals surface area (Å²) in [6, 6.07) is 21.1. The first-order valence-electron chi connectivity index (χ1n) is 18.4. The smallest absolute Gasteiger partial charge is 0.231 e. The van der Waals surface area contributed by atoms with E-state index in [1.807, 2.05) is 24.4 Å². The zero-order valence-corrected chi connectivity index (χ0v) is 31.8. The van der Waals surface area contributed by atoms with Crippen LogP contribution in [0.2, 0.25) is 0 Å². The molecule has 282 valence electrons. The minimum Gasteiger partial charge on any atom is -0.493 e. The van der Waals surface area contributed by atoms with Crippen LogP contribution in [0.25, 0.3) is 10.8 Å². The second kappa shape index (κ2) is 15.2. The van der Waals surface area contributed by atoms with Gasteiger partial charge in [-0.15, -0.1) is 0 Å². The topological polar surface area (TPSA) is 93.2 Å². The van der Waals surface area contributed by atoms with Crippen LogP contribution in [0.3, 0.4) is 0 Å². The summed E-state index contributed by atoms with van der Waals surface area (Å²) in [6.45, 7) is 2.67. The predicted octanol–water partition coefficient (Wildman–Crippen LogP) is 7.35. The molecule has 4 aliphatic rings. The predicted molar refractivity (Wildman–Crippen MR) is 205 cm³/mol. The largest absolute Gasteiger partial charge is 0.493 e. The molecule has 54 heavy (non-hydrogen) atoms. The van der Waals surface area contributed by atoms with Crippen molar-refractivity contribution in [2.45, 2.75) is 37.8 Å². The Labute approximate surface area is 316 Å². The number of methoxy groups -OCH3 is 4. The van der Waals surface area contributed by atoms with Crippen molar-refractivity contribution in [2.24, 2.45) is 0 Å². The molecule has 5 heterocycles. The second-order valence-corrected chi connectivity index (χ2v) is 14.1. The molecule has 4 aromatic carbocycles. The van der Waals surface area contributed by atoms with E-state index in [0.29, 0.717) is 19.3 Å². The van der Waals surface area contributed by atoms with E-state index in [0.717, 1.165) is 88.6 Å². The molecular weight excluding hydrogens is 686 g/mol. The highest BCUT2D eigenvalue weighted by Gasteiger charge is 2.30. The van der Waals surface area contributed by atoms with Crippen molar-refractivity contribution in [1.29, 1.82) is 0 Å². The number of hydrogen-bond acceptors (Lipinski definition) is 11. The molecule has 11 nitrogen and oxygen atoms in total. The van der Waals surface area contributed by atoms with Crippen molar-refractivity contribution in [3.8, 4) is 46.0 Å². The van der Waals surface area contributed by atoms with Crippen LogP contribution in [0.5, 0.6) is 46.0 Å². The van der Waals surface area contributed by atoms with Crippen LogP contribution in [0, 0.1) is 0 Å². The fraction of sp³-hybridized carbons (Fsp3) is 0.372. The van der Waals surface area contributed by atoms with Gasteiger partial charge in [0.2, 0.25) is 13.6 Å². The minimum absolute atomic E-state index is 0.156. The molecule has 0 amide bonds. The van der Waals surface area contributed by atoms with Crippen molar-refractivity contribution < 1.29 is 37.9 Å². The molecule has 2 atom stereocenters. The van der Waals surface area contributed by atoms with Crippen LogP contribution < -0.4 is 37.9 Å². The molecule has 11 heteroatoms. The lowest BCUT2D eigenvalue weighted by atomic mass is 9.88. The van der Waals surface area contributed by atoms with Gasteiger partial charge < -0.3 is 37.9 Å². The van der Waals surface area contributed by atoms with Gasteiger partial charge in [-0.3, -0.25) is 14.8 Å². The SMILES string of the molecule is COc1cc2c(C3CCCN3C)cnc(Cc3ccc4c(c3)OCO4)c2cc1OC.COc1cc2c(cc1OC)C(c1ccc3c(c1)OCO3)N(C)CC2. The van der Waals surface area contributed by atoms with Gasteiger partial charge in [-0.2, -0.15) is 0 Å². The van der Waals surface area contributed by atoms with Crippen LogP contribution in [0.15, 0.2) is 66.9 Å². The Bertz CT molecular complexity index is 2170. The number of likely N-dealkylation sites (N-methyl/N-ethyl adjacent to an activating group) is 1. The summed E-state index contributed by atoms with van der Waals surface area (Å²) < 4.78 is 44.1. The average molecular weight is 734 g/mol. The standard InChI is InChI=1S/C24H26N2O4.C19H21NO4/c1-26-8-4-5-20(26)18-13-25-19(9-15-6-7-21-24(10-15)30-14-29-21)17-12-23(28-3)22(27-2)11-16(17)18;1-20-7-6-12-8-16(21-2)17(22-3)10-14(12)19(20)13-4-5-15-18(9-13)24-11-23-15/h6-7,10-13,20H,4-5,8-9,14H2,1-3H3;4-5,8-10,19H,6-7,11H2,1-3H3. The molecule has 1 saturated heterocycles. The van der Waals surface area contributed by atoms with E-state index in [1.165, 1.54) is 34.1 Å². The fourth-order valence-corrected chi connectivity index (χ4v) is 8.19. The van der Waals surface area contributed by atoms with Crippen LogP contribution in [-0.2, 0) is 12.8 Å². The van der Waals surface area contributed by atoms with Crippen molar-refractivity contribution >= 4 is 10.8 Å². The highest BCUT2D eigenvalue weighted by atomic mass is 16.7. The monoisotopic (exact) mass is 733 g/mol. The van der Waals surface area contributed by atoms with E-state index >= 15 is 0 Å². The molecule has 0 N–H and O–H groups in total. The Morgan fingerprint density at radius 2 is 1.28 bits per heavy atom. The maximum absolute atomic E-state index is 5.61. The van der Waals surface area contributed by atoms with Crippen LogP contribution in [0.4, 0.5) is 0 Å². The third kappa shape index (κ3) is 6.67. The number of hydrogen-bond donors (Lipinski definition) is 0. The molecule has 5 aromatic rings. The van der Waals surface area contributed by atoms with E-state index in [2.05, 4.69) is 66.4 Å². The zero-order valence-electron chi connectivity index (χ0n) is 31.8. The number of likely N-dealkylation sites (tertiary alicyclic amines) is 1. The summed E-state index contributed by atoms with van der Waals surface area (Å²) in [5, 5.41) is 2.28. The van der Waals surface area contributed by atoms with Gasteiger partial charge in [-0.05, 0) is 122 Å². The molecule has 0 bridgehead atoms. The lowest BCUT2D eigenvalue weighted by molar-refractivity contribution is 0.173.